The van der Waals surface area contributed by atoms with Gasteiger partial charge in [-0.15, -0.1) is 0 Å². The molecule has 0 aromatic heterocycles. The van der Waals surface area contributed by atoms with E-state index in [1.54, 1.807) is 0 Å². The minimum absolute atomic E-state index is 0.0457. The van der Waals surface area contributed by atoms with Crippen molar-refractivity contribution in [1.82, 2.24) is 5.32 Å². The normalized spacial score (nSPS) is 34.6. The Balaban J connectivity index is 2.69. The van der Waals surface area contributed by atoms with Crippen molar-refractivity contribution in [2.24, 2.45) is 5.92 Å². The number of nitrogens with one attached hydrogen (secondary N) is 1. The van der Waals surface area contributed by atoms with E-state index in [1.165, 1.54) is 0 Å². The summed E-state index contributed by atoms with van der Waals surface area (Å²) in [5.41, 5.74) is 0. The monoisotopic (exact) mass is 229 g/mol. The topological polar surface area (TPSA) is 12.0 Å². The highest BCUT2D eigenvalue weighted by molar-refractivity contribution is 9.10. The molecular formula is C10H16BrN. The van der Waals surface area contributed by atoms with E-state index >= 15 is 0 Å². The van der Waals surface area contributed by atoms with E-state index in [0.717, 1.165) is 0 Å². The van der Waals surface area contributed by atoms with Gasteiger partial charge in [0.25, 0.3) is 0 Å². The van der Waals surface area contributed by atoms with Gasteiger partial charge < -0.3 is 0 Å². The molecule has 1 aliphatic carbocycles. The lowest BCUT2D eigenvalue weighted by Gasteiger charge is -2.33. The summed E-state index contributed by atoms with van der Waals surface area (Å²) in [4.78, 5) is 0. The Morgan fingerprint density at radius 2 is 2.08 bits per heavy atom. The Bertz CT molecular complexity index is 208. The van der Waals surface area contributed by atoms with Crippen LogP contribution >= 0.6 is 15.9 Å². The summed E-state index contributed by atoms with van der Waals surface area (Å²) in [6, 6.07) is 0.489. The van der Waals surface area contributed by atoms with Crippen LogP contribution in [0.2, 0.25) is 0 Å². The summed E-state index contributed by atoms with van der Waals surface area (Å²) in [6.45, 7) is 6.51. The van der Waals surface area contributed by atoms with Crippen LogP contribution in [0.4, 0.5) is 0 Å². The second-order valence-corrected chi connectivity index (χ2v) is 4.91. The molecule has 0 saturated heterocycles. The van der Waals surface area contributed by atoms with E-state index in [2.05, 4.69) is 66.3 Å². The molecule has 12 heavy (non-hydrogen) atoms. The fourth-order valence-corrected chi connectivity index (χ4v) is 2.10. The fraction of sp³-hybridized carbons (Fsp3) is 0.600. The summed E-state index contributed by atoms with van der Waals surface area (Å²) >= 11 is 3.71. The maximum absolute atomic E-state index is 3.71. The predicted molar refractivity (Wildman–Crippen MR) is 57.4 cm³/mol. The third-order valence-corrected chi connectivity index (χ3v) is 3.24. The maximum atomic E-state index is 3.71. The summed E-state index contributed by atoms with van der Waals surface area (Å²) < 4.78 is -0.0457. The molecule has 1 rings (SSSR count). The lowest BCUT2D eigenvalue weighted by molar-refractivity contribution is 0.424. The van der Waals surface area contributed by atoms with Gasteiger partial charge in [-0.25, -0.2) is 0 Å². The maximum Gasteiger partial charge on any atom is 0.0992 e. The number of halogens is 1. The number of rotatable bonds is 2. The van der Waals surface area contributed by atoms with Gasteiger partial charge in [0.05, 0.1) is 4.45 Å². The van der Waals surface area contributed by atoms with Crippen LogP contribution < -0.4 is 5.32 Å². The molecule has 1 nitrogen and oxygen atoms in total. The number of alkyl halides is 1. The molecule has 1 aliphatic rings. The largest absolute Gasteiger partial charge is 0.296 e. The van der Waals surface area contributed by atoms with Crippen molar-refractivity contribution < 1.29 is 0 Å². The van der Waals surface area contributed by atoms with Crippen LogP contribution in [0, 0.1) is 5.92 Å². The number of hydrogen-bond donors (Lipinski definition) is 1. The highest BCUT2D eigenvalue weighted by atomic mass is 79.9. The molecular weight excluding hydrogens is 214 g/mol. The van der Waals surface area contributed by atoms with Gasteiger partial charge in [-0.05, 0) is 13.8 Å². The smallest absolute Gasteiger partial charge is 0.0992 e. The molecule has 0 amide bonds. The van der Waals surface area contributed by atoms with Crippen LogP contribution in [0.5, 0.6) is 0 Å². The number of allylic oxidation sites excluding steroid dienone is 2. The van der Waals surface area contributed by atoms with Crippen LogP contribution in [0.25, 0.3) is 0 Å². The van der Waals surface area contributed by atoms with Crippen LogP contribution in [0.1, 0.15) is 20.8 Å². The van der Waals surface area contributed by atoms with Gasteiger partial charge in [-0.1, -0.05) is 47.2 Å². The average molecular weight is 230 g/mol. The van der Waals surface area contributed by atoms with Crippen molar-refractivity contribution in [1.29, 1.82) is 0 Å². The van der Waals surface area contributed by atoms with E-state index in [0.29, 0.717) is 12.0 Å². The lowest BCUT2D eigenvalue weighted by atomic mass is 9.96. The Morgan fingerprint density at radius 3 is 2.58 bits per heavy atom. The van der Waals surface area contributed by atoms with Gasteiger partial charge in [-0.2, -0.15) is 0 Å². The Morgan fingerprint density at radius 1 is 1.42 bits per heavy atom. The van der Waals surface area contributed by atoms with Crippen LogP contribution in [-0.4, -0.2) is 10.5 Å². The van der Waals surface area contributed by atoms with Crippen molar-refractivity contribution in [3.63, 3.8) is 0 Å². The molecule has 0 aromatic carbocycles. The molecule has 68 valence electrons. The molecule has 0 saturated carbocycles. The molecule has 2 heteroatoms. The molecule has 1 N–H and O–H groups in total. The third kappa shape index (κ3) is 2.20. The molecule has 2 atom stereocenters. The van der Waals surface area contributed by atoms with E-state index in [1.807, 2.05) is 0 Å². The first-order chi connectivity index (χ1) is 5.54. The Hall–Kier alpha value is -0.0800. The number of hydrogen-bond acceptors (Lipinski definition) is 1. The zero-order valence-corrected chi connectivity index (χ0v) is 9.43. The first-order valence-corrected chi connectivity index (χ1v) is 5.16. The third-order valence-electron chi connectivity index (χ3n) is 2.02. The first-order valence-electron chi connectivity index (χ1n) is 4.37. The molecule has 2 unspecified atom stereocenters. The zero-order valence-electron chi connectivity index (χ0n) is 7.84. The van der Waals surface area contributed by atoms with Crippen molar-refractivity contribution in [3.05, 3.63) is 24.3 Å². The lowest BCUT2D eigenvalue weighted by Crippen LogP contribution is -2.46. The first kappa shape index (κ1) is 10.0. The van der Waals surface area contributed by atoms with Crippen molar-refractivity contribution >= 4 is 15.9 Å². The van der Waals surface area contributed by atoms with Crippen LogP contribution in [-0.2, 0) is 0 Å². The zero-order chi connectivity index (χ0) is 9.19. The second-order valence-electron chi connectivity index (χ2n) is 3.60. The predicted octanol–water partition coefficient (Wildman–Crippen LogP) is 2.84. The molecule has 0 heterocycles. The van der Waals surface area contributed by atoms with E-state index in [9.17, 15) is 0 Å². The highest BCUT2D eigenvalue weighted by Gasteiger charge is 2.30. The fourth-order valence-electron chi connectivity index (χ4n) is 1.34. The van der Waals surface area contributed by atoms with Crippen molar-refractivity contribution in [3.8, 4) is 0 Å². The standard InChI is InChI=1S/C10H16BrN/c1-8(2)12-10(11)7-5-4-6-9(10)3/h4-9,12H,1-3H3. The van der Waals surface area contributed by atoms with Crippen molar-refractivity contribution in [2.75, 3.05) is 0 Å². The van der Waals surface area contributed by atoms with Crippen LogP contribution in [0.3, 0.4) is 0 Å². The minimum atomic E-state index is -0.0457. The van der Waals surface area contributed by atoms with E-state index in [4.69, 9.17) is 0 Å². The highest BCUT2D eigenvalue weighted by Crippen LogP contribution is 2.30. The summed E-state index contributed by atoms with van der Waals surface area (Å²) in [6.07, 6.45) is 8.53. The van der Waals surface area contributed by atoms with Gasteiger partial charge in [0.2, 0.25) is 0 Å². The van der Waals surface area contributed by atoms with Crippen LogP contribution in [0.15, 0.2) is 24.3 Å². The average Bonchev–Trinajstić information content (AvgIpc) is 1.94. The second kappa shape index (κ2) is 3.75. The van der Waals surface area contributed by atoms with E-state index in [-0.39, 0.29) is 4.45 Å². The van der Waals surface area contributed by atoms with Gasteiger partial charge >= 0.3 is 0 Å². The minimum Gasteiger partial charge on any atom is -0.296 e. The quantitative estimate of drug-likeness (QED) is 0.568. The summed E-state index contributed by atoms with van der Waals surface area (Å²) in [5, 5.41) is 3.49. The summed E-state index contributed by atoms with van der Waals surface area (Å²) in [5.74, 6) is 0.491. The SMILES string of the molecule is CC(C)NC1(Br)C=CC=CC1C. The molecule has 0 aromatic rings. The van der Waals surface area contributed by atoms with Gasteiger partial charge in [0.15, 0.2) is 0 Å². The molecule has 0 fully saturated rings. The van der Waals surface area contributed by atoms with Gasteiger partial charge in [0, 0.05) is 12.0 Å². The molecule has 0 spiro atoms. The Kier molecular flexibility index (Phi) is 3.13. The molecule has 0 bridgehead atoms. The van der Waals surface area contributed by atoms with Gasteiger partial charge in [-0.3, -0.25) is 5.32 Å². The van der Waals surface area contributed by atoms with Crippen molar-refractivity contribution in [2.45, 2.75) is 31.3 Å². The molecule has 0 radical (unpaired) electrons. The van der Waals surface area contributed by atoms with Gasteiger partial charge in [0.1, 0.15) is 0 Å². The van der Waals surface area contributed by atoms with E-state index < -0.39 is 0 Å². The molecule has 0 aliphatic heterocycles. The summed E-state index contributed by atoms with van der Waals surface area (Å²) in [7, 11) is 0. The Labute approximate surface area is 83.1 Å².